The number of carboxylic acids is 1. The first-order valence-corrected chi connectivity index (χ1v) is 6.44. The van der Waals surface area contributed by atoms with Crippen molar-refractivity contribution in [1.29, 1.82) is 0 Å². The van der Waals surface area contributed by atoms with Crippen molar-refractivity contribution in [2.45, 2.75) is 51.4 Å². The predicted molar refractivity (Wildman–Crippen MR) is 66.3 cm³/mol. The first-order valence-electron chi connectivity index (χ1n) is 6.44. The van der Waals surface area contributed by atoms with E-state index in [2.05, 4.69) is 10.6 Å². The van der Waals surface area contributed by atoms with Gasteiger partial charge in [-0.3, -0.25) is 4.79 Å². The summed E-state index contributed by atoms with van der Waals surface area (Å²) in [6.07, 6.45) is 1.35. The minimum Gasteiger partial charge on any atom is -0.479 e. The highest BCUT2D eigenvalue weighted by molar-refractivity contribution is 5.81. The van der Waals surface area contributed by atoms with Gasteiger partial charge in [-0.1, -0.05) is 6.92 Å². The van der Waals surface area contributed by atoms with Crippen molar-refractivity contribution in [3.63, 3.8) is 0 Å². The fraction of sp³-hybridized carbons (Fsp3) is 0.833. The molecule has 0 aromatic heterocycles. The highest BCUT2D eigenvalue weighted by Crippen LogP contribution is 2.19. The second-order valence-electron chi connectivity index (χ2n) is 4.58. The Morgan fingerprint density at radius 2 is 2.17 bits per heavy atom. The molecule has 1 saturated heterocycles. The number of aliphatic carboxylic acids is 1. The number of hydrogen-bond donors (Lipinski definition) is 3. The average Bonchev–Trinajstić information content (AvgIpc) is 2.81. The molecule has 0 saturated carbocycles. The molecular weight excluding hydrogens is 236 g/mol. The third-order valence-corrected chi connectivity index (χ3v) is 2.98. The Bertz CT molecular complexity index is 296. The van der Waals surface area contributed by atoms with Gasteiger partial charge in [0.15, 0.2) is 6.10 Å². The highest BCUT2D eigenvalue weighted by Gasteiger charge is 2.30. The first kappa shape index (κ1) is 14.9. The molecule has 1 heterocycles. The van der Waals surface area contributed by atoms with Crippen LogP contribution in [0.15, 0.2) is 0 Å². The zero-order valence-corrected chi connectivity index (χ0v) is 10.9. The smallest absolute Gasteiger partial charge is 0.332 e. The minimum atomic E-state index is -0.911. The summed E-state index contributed by atoms with van der Waals surface area (Å²) in [6, 6.07) is -0.288. The van der Waals surface area contributed by atoms with Gasteiger partial charge >= 0.3 is 5.97 Å². The van der Waals surface area contributed by atoms with Gasteiger partial charge in [0, 0.05) is 13.1 Å². The van der Waals surface area contributed by atoms with E-state index >= 15 is 0 Å². The maximum atomic E-state index is 11.6. The molecule has 3 atom stereocenters. The third-order valence-electron chi connectivity index (χ3n) is 2.98. The van der Waals surface area contributed by atoms with Gasteiger partial charge in [0.05, 0.1) is 12.1 Å². The Balaban J connectivity index is 2.21. The van der Waals surface area contributed by atoms with Crippen LogP contribution >= 0.6 is 0 Å². The molecule has 0 aromatic carbocycles. The van der Waals surface area contributed by atoms with Gasteiger partial charge in [-0.15, -0.1) is 0 Å². The molecular formula is C12H22N2O4. The zero-order valence-electron chi connectivity index (χ0n) is 10.9. The molecule has 1 rings (SSSR count). The summed E-state index contributed by atoms with van der Waals surface area (Å²) < 4.78 is 5.34. The van der Waals surface area contributed by atoms with E-state index in [1.54, 1.807) is 6.92 Å². The quantitative estimate of drug-likeness (QED) is 0.604. The van der Waals surface area contributed by atoms with Crippen LogP contribution in [0.1, 0.15) is 33.1 Å². The van der Waals surface area contributed by atoms with E-state index in [1.807, 2.05) is 6.92 Å². The Kier molecular flexibility index (Phi) is 6.07. The van der Waals surface area contributed by atoms with E-state index in [0.717, 1.165) is 6.42 Å². The lowest BCUT2D eigenvalue weighted by molar-refractivity contribution is -0.149. The summed E-state index contributed by atoms with van der Waals surface area (Å²) in [7, 11) is 0. The molecule has 1 aliphatic heterocycles. The van der Waals surface area contributed by atoms with Crippen molar-refractivity contribution in [2.24, 2.45) is 0 Å². The van der Waals surface area contributed by atoms with Gasteiger partial charge in [-0.25, -0.2) is 4.79 Å². The van der Waals surface area contributed by atoms with E-state index in [4.69, 9.17) is 9.84 Å². The SMILES string of the molecule is CCCNC(=O)C(C)NCC1CCC(C(=O)O)O1. The van der Waals surface area contributed by atoms with Gasteiger partial charge in [0.1, 0.15) is 0 Å². The van der Waals surface area contributed by atoms with Crippen LogP contribution in [0.25, 0.3) is 0 Å². The number of carbonyl (C=O) groups is 2. The van der Waals surface area contributed by atoms with Crippen molar-refractivity contribution < 1.29 is 19.4 Å². The summed E-state index contributed by atoms with van der Waals surface area (Å²) in [6.45, 7) is 4.96. The third kappa shape index (κ3) is 4.62. The molecule has 0 radical (unpaired) electrons. The predicted octanol–water partition coefficient (Wildman–Crippen LogP) is 0.123. The fourth-order valence-electron chi connectivity index (χ4n) is 1.84. The van der Waals surface area contributed by atoms with Crippen LogP contribution in [-0.4, -0.2) is 48.3 Å². The number of hydrogen-bond acceptors (Lipinski definition) is 4. The molecule has 1 amide bonds. The first-order chi connectivity index (χ1) is 8.54. The topological polar surface area (TPSA) is 87.7 Å². The van der Waals surface area contributed by atoms with Crippen molar-refractivity contribution in [3.8, 4) is 0 Å². The minimum absolute atomic E-state index is 0.0374. The highest BCUT2D eigenvalue weighted by atomic mass is 16.5. The molecule has 0 aliphatic carbocycles. The Hall–Kier alpha value is -1.14. The van der Waals surface area contributed by atoms with Crippen molar-refractivity contribution in [2.75, 3.05) is 13.1 Å². The molecule has 104 valence electrons. The lowest BCUT2D eigenvalue weighted by atomic mass is 10.2. The molecule has 0 aromatic rings. The average molecular weight is 258 g/mol. The fourth-order valence-corrected chi connectivity index (χ4v) is 1.84. The van der Waals surface area contributed by atoms with E-state index in [-0.39, 0.29) is 18.1 Å². The monoisotopic (exact) mass is 258 g/mol. The second-order valence-corrected chi connectivity index (χ2v) is 4.58. The molecule has 3 N–H and O–H groups in total. The van der Waals surface area contributed by atoms with Crippen LogP contribution < -0.4 is 10.6 Å². The van der Waals surface area contributed by atoms with Gasteiger partial charge in [-0.05, 0) is 26.2 Å². The number of rotatable bonds is 7. The van der Waals surface area contributed by atoms with Crippen LogP contribution in [0.3, 0.4) is 0 Å². The number of carboxylic acid groups (broad SMARTS) is 1. The van der Waals surface area contributed by atoms with Crippen LogP contribution in [0.5, 0.6) is 0 Å². The maximum Gasteiger partial charge on any atom is 0.332 e. The zero-order chi connectivity index (χ0) is 13.5. The maximum absolute atomic E-state index is 11.6. The van der Waals surface area contributed by atoms with E-state index in [0.29, 0.717) is 25.9 Å². The Morgan fingerprint density at radius 3 is 2.72 bits per heavy atom. The van der Waals surface area contributed by atoms with E-state index < -0.39 is 12.1 Å². The van der Waals surface area contributed by atoms with E-state index in [1.165, 1.54) is 0 Å². The number of nitrogens with one attached hydrogen (secondary N) is 2. The summed E-state index contributed by atoms with van der Waals surface area (Å²) in [5.74, 6) is -0.948. The molecule has 0 bridgehead atoms. The standard InChI is InChI=1S/C12H22N2O4/c1-3-6-13-11(15)8(2)14-7-9-4-5-10(18-9)12(16)17/h8-10,14H,3-7H2,1-2H3,(H,13,15)(H,16,17). The number of amides is 1. The summed E-state index contributed by atoms with van der Waals surface area (Å²) in [5, 5.41) is 14.6. The molecule has 3 unspecified atom stereocenters. The molecule has 1 aliphatic rings. The normalized spacial score (nSPS) is 24.8. The second kappa shape index (κ2) is 7.33. The van der Waals surface area contributed by atoms with Crippen molar-refractivity contribution in [3.05, 3.63) is 0 Å². The van der Waals surface area contributed by atoms with Crippen molar-refractivity contribution in [1.82, 2.24) is 10.6 Å². The van der Waals surface area contributed by atoms with Crippen LogP contribution in [0.2, 0.25) is 0 Å². The van der Waals surface area contributed by atoms with Crippen LogP contribution in [-0.2, 0) is 14.3 Å². The van der Waals surface area contributed by atoms with Crippen LogP contribution in [0, 0.1) is 0 Å². The molecule has 6 heteroatoms. The van der Waals surface area contributed by atoms with E-state index in [9.17, 15) is 9.59 Å². The van der Waals surface area contributed by atoms with Crippen molar-refractivity contribution >= 4 is 11.9 Å². The summed E-state index contributed by atoms with van der Waals surface area (Å²) in [5.41, 5.74) is 0. The summed E-state index contributed by atoms with van der Waals surface area (Å²) >= 11 is 0. The molecule has 0 spiro atoms. The van der Waals surface area contributed by atoms with Gasteiger partial charge in [0.25, 0.3) is 0 Å². The summed E-state index contributed by atoms with van der Waals surface area (Å²) in [4.78, 5) is 22.3. The van der Waals surface area contributed by atoms with Gasteiger partial charge in [-0.2, -0.15) is 0 Å². The lowest BCUT2D eigenvalue weighted by Crippen LogP contribution is -2.45. The largest absolute Gasteiger partial charge is 0.479 e. The molecule has 18 heavy (non-hydrogen) atoms. The number of ether oxygens (including phenoxy) is 1. The van der Waals surface area contributed by atoms with Gasteiger partial charge < -0.3 is 20.5 Å². The molecule has 6 nitrogen and oxygen atoms in total. The number of carbonyl (C=O) groups excluding carboxylic acids is 1. The Morgan fingerprint density at radius 1 is 1.44 bits per heavy atom. The van der Waals surface area contributed by atoms with Gasteiger partial charge in [0.2, 0.25) is 5.91 Å². The molecule has 1 fully saturated rings. The Labute approximate surface area is 107 Å². The van der Waals surface area contributed by atoms with Crippen LogP contribution in [0.4, 0.5) is 0 Å². The lowest BCUT2D eigenvalue weighted by Gasteiger charge is -2.17.